The van der Waals surface area contributed by atoms with Crippen LogP contribution in [0.4, 0.5) is 0 Å². The fourth-order valence-corrected chi connectivity index (χ4v) is 1.87. The summed E-state index contributed by atoms with van der Waals surface area (Å²) < 4.78 is 0. The van der Waals surface area contributed by atoms with Crippen molar-refractivity contribution in [1.82, 2.24) is 10.6 Å². The highest BCUT2D eigenvalue weighted by atomic mass is 32.1. The highest BCUT2D eigenvalue weighted by Gasteiger charge is 2.31. The lowest BCUT2D eigenvalue weighted by atomic mass is 9.70. The Hall–Kier alpha value is -0.310. The van der Waals surface area contributed by atoms with Gasteiger partial charge in [0.1, 0.15) is 0 Å². The fraction of sp³-hybridized carbons (Fsp3) is 0.900. The zero-order valence-electron chi connectivity index (χ0n) is 8.81. The smallest absolute Gasteiger partial charge is 0.166 e. The number of nitrogens with one attached hydrogen (secondary N) is 2. The predicted octanol–water partition coefficient (Wildman–Crippen LogP) is 2.05. The SMILES string of the molecule is CC(C)NC(=S)NCC1(C)CCC1. The Labute approximate surface area is 86.5 Å². The van der Waals surface area contributed by atoms with Crippen LogP contribution < -0.4 is 10.6 Å². The minimum atomic E-state index is 0.425. The van der Waals surface area contributed by atoms with E-state index in [2.05, 4.69) is 31.4 Å². The van der Waals surface area contributed by atoms with Crippen molar-refractivity contribution in [1.29, 1.82) is 0 Å². The Morgan fingerprint density at radius 2 is 2.08 bits per heavy atom. The van der Waals surface area contributed by atoms with Crippen molar-refractivity contribution < 1.29 is 0 Å². The Bertz CT molecular complexity index is 185. The molecule has 0 aromatic heterocycles. The van der Waals surface area contributed by atoms with Crippen molar-refractivity contribution in [3.05, 3.63) is 0 Å². The molecule has 0 spiro atoms. The maximum atomic E-state index is 5.15. The molecule has 0 bridgehead atoms. The lowest BCUT2D eigenvalue weighted by Crippen LogP contribution is -2.45. The molecular weight excluding hydrogens is 180 g/mol. The van der Waals surface area contributed by atoms with E-state index in [1.54, 1.807) is 0 Å². The Morgan fingerprint density at radius 3 is 2.46 bits per heavy atom. The fourth-order valence-electron chi connectivity index (χ4n) is 1.56. The summed E-state index contributed by atoms with van der Waals surface area (Å²) in [4.78, 5) is 0. The van der Waals surface area contributed by atoms with Gasteiger partial charge >= 0.3 is 0 Å². The van der Waals surface area contributed by atoms with Gasteiger partial charge in [-0.1, -0.05) is 13.3 Å². The molecule has 0 saturated heterocycles. The number of hydrogen-bond donors (Lipinski definition) is 2. The van der Waals surface area contributed by atoms with Crippen LogP contribution in [0.2, 0.25) is 0 Å². The number of hydrogen-bond acceptors (Lipinski definition) is 1. The van der Waals surface area contributed by atoms with Crippen LogP contribution in [0.5, 0.6) is 0 Å². The van der Waals surface area contributed by atoms with Gasteiger partial charge in [-0.2, -0.15) is 0 Å². The summed E-state index contributed by atoms with van der Waals surface area (Å²) in [7, 11) is 0. The van der Waals surface area contributed by atoms with Crippen molar-refractivity contribution in [3.63, 3.8) is 0 Å². The summed E-state index contributed by atoms with van der Waals surface area (Å²) in [5, 5.41) is 7.26. The molecule has 76 valence electrons. The molecule has 1 saturated carbocycles. The maximum absolute atomic E-state index is 5.15. The molecule has 0 aliphatic heterocycles. The van der Waals surface area contributed by atoms with Gasteiger partial charge in [0.15, 0.2) is 5.11 Å². The van der Waals surface area contributed by atoms with Gasteiger partial charge < -0.3 is 10.6 Å². The van der Waals surface area contributed by atoms with Crippen LogP contribution in [0, 0.1) is 5.41 Å². The Balaban J connectivity index is 2.14. The van der Waals surface area contributed by atoms with Crippen molar-refractivity contribution >= 4 is 17.3 Å². The molecule has 1 fully saturated rings. The third-order valence-electron chi connectivity index (χ3n) is 2.66. The Kier molecular flexibility index (Phi) is 3.54. The molecule has 2 nitrogen and oxygen atoms in total. The summed E-state index contributed by atoms with van der Waals surface area (Å²) in [6, 6.07) is 0.425. The van der Waals surface area contributed by atoms with Crippen LogP contribution in [0.3, 0.4) is 0 Å². The van der Waals surface area contributed by atoms with Crippen molar-refractivity contribution in [2.24, 2.45) is 5.41 Å². The molecule has 1 aliphatic carbocycles. The van der Waals surface area contributed by atoms with E-state index in [1.807, 2.05) is 0 Å². The first-order valence-electron chi connectivity index (χ1n) is 5.06. The average molecular weight is 200 g/mol. The molecule has 0 unspecified atom stereocenters. The molecular formula is C10H20N2S. The molecule has 0 aromatic rings. The normalized spacial score (nSPS) is 19.4. The van der Waals surface area contributed by atoms with Gasteiger partial charge in [-0.15, -0.1) is 0 Å². The average Bonchev–Trinajstić information content (AvgIpc) is 1.96. The maximum Gasteiger partial charge on any atom is 0.166 e. The van der Waals surface area contributed by atoms with E-state index in [4.69, 9.17) is 12.2 Å². The van der Waals surface area contributed by atoms with E-state index in [0.29, 0.717) is 11.5 Å². The van der Waals surface area contributed by atoms with Gasteiger partial charge in [0.05, 0.1) is 0 Å². The summed E-state index contributed by atoms with van der Waals surface area (Å²) in [5.74, 6) is 0. The van der Waals surface area contributed by atoms with Crippen LogP contribution in [-0.4, -0.2) is 17.7 Å². The van der Waals surface area contributed by atoms with Gasteiger partial charge in [0, 0.05) is 12.6 Å². The number of rotatable bonds is 3. The lowest BCUT2D eigenvalue weighted by molar-refractivity contribution is 0.165. The molecule has 0 amide bonds. The Morgan fingerprint density at radius 1 is 1.46 bits per heavy atom. The molecule has 0 aromatic carbocycles. The highest BCUT2D eigenvalue weighted by Crippen LogP contribution is 2.39. The first kappa shape index (κ1) is 10.8. The van der Waals surface area contributed by atoms with Crippen LogP contribution in [0.15, 0.2) is 0 Å². The van der Waals surface area contributed by atoms with Crippen LogP contribution in [-0.2, 0) is 0 Å². The molecule has 0 atom stereocenters. The quantitative estimate of drug-likeness (QED) is 0.682. The van der Waals surface area contributed by atoms with E-state index in [9.17, 15) is 0 Å². The van der Waals surface area contributed by atoms with Gasteiger partial charge in [-0.05, 0) is 44.3 Å². The lowest BCUT2D eigenvalue weighted by Gasteiger charge is -2.38. The van der Waals surface area contributed by atoms with E-state index < -0.39 is 0 Å². The molecule has 0 radical (unpaired) electrons. The molecule has 1 aliphatic rings. The van der Waals surface area contributed by atoms with Crippen molar-refractivity contribution in [2.75, 3.05) is 6.54 Å². The molecule has 2 N–H and O–H groups in total. The highest BCUT2D eigenvalue weighted by molar-refractivity contribution is 7.80. The molecule has 3 heteroatoms. The topological polar surface area (TPSA) is 24.1 Å². The van der Waals surface area contributed by atoms with E-state index >= 15 is 0 Å². The van der Waals surface area contributed by atoms with Crippen LogP contribution in [0.1, 0.15) is 40.0 Å². The van der Waals surface area contributed by atoms with E-state index in [1.165, 1.54) is 19.3 Å². The second kappa shape index (κ2) is 4.27. The largest absolute Gasteiger partial charge is 0.362 e. The van der Waals surface area contributed by atoms with Crippen LogP contribution >= 0.6 is 12.2 Å². The first-order chi connectivity index (χ1) is 6.02. The molecule has 0 heterocycles. The van der Waals surface area contributed by atoms with E-state index in [0.717, 1.165) is 11.7 Å². The summed E-state index contributed by atoms with van der Waals surface area (Å²) in [5.41, 5.74) is 0.503. The minimum absolute atomic E-state index is 0.425. The van der Waals surface area contributed by atoms with Gasteiger partial charge in [0.25, 0.3) is 0 Å². The zero-order chi connectivity index (χ0) is 9.90. The minimum Gasteiger partial charge on any atom is -0.362 e. The van der Waals surface area contributed by atoms with Crippen molar-refractivity contribution in [2.45, 2.75) is 46.1 Å². The van der Waals surface area contributed by atoms with Gasteiger partial charge in [0.2, 0.25) is 0 Å². The summed E-state index contributed by atoms with van der Waals surface area (Å²) >= 11 is 5.15. The standard InChI is InChI=1S/C10H20N2S/c1-8(2)12-9(13)11-7-10(3)5-4-6-10/h8H,4-7H2,1-3H3,(H2,11,12,13). The monoisotopic (exact) mass is 200 g/mol. The third-order valence-corrected chi connectivity index (χ3v) is 2.92. The first-order valence-corrected chi connectivity index (χ1v) is 5.47. The second-order valence-electron chi connectivity index (χ2n) is 4.65. The number of thiocarbonyl (C=S) groups is 1. The molecule has 1 rings (SSSR count). The summed E-state index contributed by atoms with van der Waals surface area (Å²) in [6.07, 6.45) is 4.05. The third kappa shape index (κ3) is 3.51. The predicted molar refractivity (Wildman–Crippen MR) is 60.8 cm³/mol. The summed E-state index contributed by atoms with van der Waals surface area (Å²) in [6.45, 7) is 7.53. The van der Waals surface area contributed by atoms with Gasteiger partial charge in [-0.3, -0.25) is 0 Å². The van der Waals surface area contributed by atoms with Crippen LogP contribution in [0.25, 0.3) is 0 Å². The molecule has 13 heavy (non-hydrogen) atoms. The van der Waals surface area contributed by atoms with Gasteiger partial charge in [-0.25, -0.2) is 0 Å². The van der Waals surface area contributed by atoms with E-state index in [-0.39, 0.29) is 0 Å². The second-order valence-corrected chi connectivity index (χ2v) is 5.05. The van der Waals surface area contributed by atoms with Crippen molar-refractivity contribution in [3.8, 4) is 0 Å². The zero-order valence-corrected chi connectivity index (χ0v) is 9.63.